The maximum absolute atomic E-state index is 13.3. The molecule has 0 saturated carbocycles. The van der Waals surface area contributed by atoms with Crippen LogP contribution in [0.3, 0.4) is 0 Å². The van der Waals surface area contributed by atoms with Gasteiger partial charge >= 0.3 is 0 Å². The monoisotopic (exact) mass is 466 g/mol. The standard InChI is InChI=1S/C24H19ClN2O4S/c1-30-21-12-7-15(13-22(21)31-2)20(28)14-32-24-26-19-6-4-3-5-18(19)23(29)27(24)17-10-8-16(25)9-11-17/h3-13H,14H2,1-2H3. The minimum Gasteiger partial charge on any atom is -0.493 e. The van der Waals surface area contributed by atoms with E-state index in [2.05, 4.69) is 4.98 Å². The van der Waals surface area contributed by atoms with Gasteiger partial charge in [0.05, 0.1) is 36.6 Å². The summed E-state index contributed by atoms with van der Waals surface area (Å²) in [6.07, 6.45) is 0. The lowest BCUT2D eigenvalue weighted by Crippen LogP contribution is -2.22. The van der Waals surface area contributed by atoms with E-state index in [0.29, 0.717) is 43.8 Å². The summed E-state index contributed by atoms with van der Waals surface area (Å²) >= 11 is 7.22. The summed E-state index contributed by atoms with van der Waals surface area (Å²) < 4.78 is 12.0. The zero-order chi connectivity index (χ0) is 22.7. The van der Waals surface area contributed by atoms with Gasteiger partial charge in [0, 0.05) is 10.6 Å². The molecule has 0 spiro atoms. The van der Waals surface area contributed by atoms with Crippen molar-refractivity contribution in [1.29, 1.82) is 0 Å². The Hall–Kier alpha value is -3.29. The third-order valence-electron chi connectivity index (χ3n) is 4.87. The quantitative estimate of drug-likeness (QED) is 0.216. The molecule has 0 bridgehead atoms. The predicted molar refractivity (Wildman–Crippen MR) is 127 cm³/mol. The Morgan fingerprint density at radius 1 is 1.00 bits per heavy atom. The van der Waals surface area contributed by atoms with Gasteiger partial charge in [-0.3, -0.25) is 14.2 Å². The van der Waals surface area contributed by atoms with Crippen molar-refractivity contribution in [2.45, 2.75) is 5.16 Å². The van der Waals surface area contributed by atoms with Gasteiger partial charge in [0.2, 0.25) is 0 Å². The number of carbonyl (C=O) groups is 1. The number of hydrogen-bond acceptors (Lipinski definition) is 6. The molecular weight excluding hydrogens is 448 g/mol. The third kappa shape index (κ3) is 4.35. The Morgan fingerprint density at radius 2 is 1.72 bits per heavy atom. The summed E-state index contributed by atoms with van der Waals surface area (Å²) in [7, 11) is 3.06. The molecule has 162 valence electrons. The lowest BCUT2D eigenvalue weighted by atomic mass is 10.1. The van der Waals surface area contributed by atoms with E-state index in [1.54, 1.807) is 60.7 Å². The Labute approximate surface area is 193 Å². The average Bonchev–Trinajstić information content (AvgIpc) is 2.83. The molecule has 0 atom stereocenters. The molecule has 0 fully saturated rings. The molecule has 0 aliphatic rings. The van der Waals surface area contributed by atoms with E-state index in [1.165, 1.54) is 30.5 Å². The molecule has 8 heteroatoms. The number of aromatic nitrogens is 2. The zero-order valence-corrected chi connectivity index (χ0v) is 18.9. The van der Waals surface area contributed by atoms with Crippen LogP contribution >= 0.6 is 23.4 Å². The number of ketones is 1. The van der Waals surface area contributed by atoms with Gasteiger partial charge in [0.25, 0.3) is 5.56 Å². The maximum atomic E-state index is 13.3. The van der Waals surface area contributed by atoms with Crippen molar-refractivity contribution >= 4 is 40.0 Å². The number of halogens is 1. The number of para-hydroxylation sites is 1. The van der Waals surface area contributed by atoms with E-state index in [-0.39, 0.29) is 17.1 Å². The highest BCUT2D eigenvalue weighted by Crippen LogP contribution is 2.29. The van der Waals surface area contributed by atoms with Crippen molar-refractivity contribution in [3.05, 3.63) is 87.7 Å². The lowest BCUT2D eigenvalue weighted by Gasteiger charge is -2.13. The van der Waals surface area contributed by atoms with Crippen LogP contribution in [0.2, 0.25) is 5.02 Å². The van der Waals surface area contributed by atoms with E-state index >= 15 is 0 Å². The highest BCUT2D eigenvalue weighted by Gasteiger charge is 2.16. The summed E-state index contributed by atoms with van der Waals surface area (Å²) in [6, 6.07) is 19.1. The van der Waals surface area contributed by atoms with Gasteiger partial charge in [0.15, 0.2) is 22.4 Å². The molecule has 0 radical (unpaired) electrons. The van der Waals surface area contributed by atoms with Gasteiger partial charge < -0.3 is 9.47 Å². The number of ether oxygens (including phenoxy) is 2. The number of fused-ring (bicyclic) bond motifs is 1. The first-order valence-electron chi connectivity index (χ1n) is 9.67. The van der Waals surface area contributed by atoms with Crippen molar-refractivity contribution in [2.75, 3.05) is 20.0 Å². The van der Waals surface area contributed by atoms with Crippen molar-refractivity contribution in [3.8, 4) is 17.2 Å². The lowest BCUT2D eigenvalue weighted by molar-refractivity contribution is 0.102. The number of methoxy groups -OCH3 is 2. The van der Waals surface area contributed by atoms with Crippen LogP contribution in [0, 0.1) is 0 Å². The SMILES string of the molecule is COc1ccc(C(=O)CSc2nc3ccccc3c(=O)n2-c2ccc(Cl)cc2)cc1OC. The second-order valence-electron chi connectivity index (χ2n) is 6.81. The molecule has 6 nitrogen and oxygen atoms in total. The first kappa shape index (κ1) is 21.9. The van der Waals surface area contributed by atoms with Crippen LogP contribution in [0.5, 0.6) is 11.5 Å². The largest absolute Gasteiger partial charge is 0.493 e. The van der Waals surface area contributed by atoms with E-state index < -0.39 is 0 Å². The Kier molecular flexibility index (Phi) is 6.48. The molecule has 0 aliphatic carbocycles. The molecule has 0 saturated heterocycles. The van der Waals surface area contributed by atoms with Crippen molar-refractivity contribution < 1.29 is 14.3 Å². The van der Waals surface area contributed by atoms with Gasteiger partial charge in [-0.25, -0.2) is 4.98 Å². The summed E-state index contributed by atoms with van der Waals surface area (Å²) in [6.45, 7) is 0. The van der Waals surface area contributed by atoms with Gasteiger partial charge in [-0.05, 0) is 54.6 Å². The number of thioether (sulfide) groups is 1. The van der Waals surface area contributed by atoms with Crippen LogP contribution in [-0.2, 0) is 0 Å². The van der Waals surface area contributed by atoms with Crippen molar-refractivity contribution in [1.82, 2.24) is 9.55 Å². The summed E-state index contributed by atoms with van der Waals surface area (Å²) in [5.41, 5.74) is 1.47. The first-order valence-corrected chi connectivity index (χ1v) is 11.0. The summed E-state index contributed by atoms with van der Waals surface area (Å²) in [5, 5.41) is 1.48. The number of carbonyl (C=O) groups excluding carboxylic acids is 1. The van der Waals surface area contributed by atoms with Crippen LogP contribution in [0.25, 0.3) is 16.6 Å². The van der Waals surface area contributed by atoms with E-state index in [1.807, 2.05) is 6.07 Å². The highest BCUT2D eigenvalue weighted by molar-refractivity contribution is 7.99. The normalized spacial score (nSPS) is 10.8. The maximum Gasteiger partial charge on any atom is 0.266 e. The fourth-order valence-electron chi connectivity index (χ4n) is 3.25. The molecule has 1 heterocycles. The fourth-order valence-corrected chi connectivity index (χ4v) is 4.28. The number of Topliss-reactive ketones (excluding diaryl/α,β-unsaturated/α-hetero) is 1. The highest BCUT2D eigenvalue weighted by atomic mass is 35.5. The van der Waals surface area contributed by atoms with Gasteiger partial charge in [-0.15, -0.1) is 0 Å². The molecule has 0 amide bonds. The smallest absolute Gasteiger partial charge is 0.266 e. The number of hydrogen-bond donors (Lipinski definition) is 0. The number of nitrogens with zero attached hydrogens (tertiary/aromatic N) is 2. The summed E-state index contributed by atoms with van der Waals surface area (Å²) in [5.74, 6) is 0.990. The van der Waals surface area contributed by atoms with Gasteiger partial charge in [0.1, 0.15) is 0 Å². The van der Waals surface area contributed by atoms with Gasteiger partial charge in [-0.1, -0.05) is 35.5 Å². The number of rotatable bonds is 7. The third-order valence-corrected chi connectivity index (χ3v) is 6.06. The molecule has 0 aliphatic heterocycles. The Bertz CT molecular complexity index is 1350. The topological polar surface area (TPSA) is 70.4 Å². The molecular formula is C24H19ClN2O4S. The molecule has 32 heavy (non-hydrogen) atoms. The first-order chi connectivity index (χ1) is 15.5. The number of benzene rings is 3. The predicted octanol–water partition coefficient (Wildman–Crippen LogP) is 5.03. The molecule has 4 aromatic rings. The second-order valence-corrected chi connectivity index (χ2v) is 8.19. The van der Waals surface area contributed by atoms with Crippen molar-refractivity contribution in [3.63, 3.8) is 0 Å². The van der Waals surface area contributed by atoms with Crippen LogP contribution in [0.4, 0.5) is 0 Å². The van der Waals surface area contributed by atoms with E-state index in [0.717, 1.165) is 0 Å². The molecule has 4 rings (SSSR count). The summed E-state index contributed by atoms with van der Waals surface area (Å²) in [4.78, 5) is 30.8. The molecule has 3 aromatic carbocycles. The van der Waals surface area contributed by atoms with E-state index in [4.69, 9.17) is 21.1 Å². The minimum absolute atomic E-state index is 0.0911. The van der Waals surface area contributed by atoms with Crippen molar-refractivity contribution in [2.24, 2.45) is 0 Å². The molecule has 0 N–H and O–H groups in total. The Morgan fingerprint density at radius 3 is 2.44 bits per heavy atom. The van der Waals surface area contributed by atoms with Crippen LogP contribution in [-0.4, -0.2) is 35.3 Å². The van der Waals surface area contributed by atoms with Gasteiger partial charge in [-0.2, -0.15) is 0 Å². The second kappa shape index (κ2) is 9.46. The Balaban J connectivity index is 1.71. The van der Waals surface area contributed by atoms with E-state index in [9.17, 15) is 9.59 Å². The zero-order valence-electron chi connectivity index (χ0n) is 17.4. The fraction of sp³-hybridized carbons (Fsp3) is 0.125. The molecule has 0 unspecified atom stereocenters. The molecule has 1 aromatic heterocycles. The van der Waals surface area contributed by atoms with Crippen LogP contribution < -0.4 is 15.0 Å². The average molecular weight is 467 g/mol. The van der Waals surface area contributed by atoms with Crippen LogP contribution in [0.15, 0.2) is 76.7 Å². The van der Waals surface area contributed by atoms with Crippen LogP contribution in [0.1, 0.15) is 10.4 Å². The minimum atomic E-state index is -0.209.